The van der Waals surface area contributed by atoms with E-state index in [0.29, 0.717) is 13.2 Å². The Morgan fingerprint density at radius 2 is 1.11 bits per heavy atom. The summed E-state index contributed by atoms with van der Waals surface area (Å²) in [6.07, 6.45) is 1.96. The van der Waals surface area contributed by atoms with Crippen molar-refractivity contribution in [3.8, 4) is 0 Å². The predicted octanol–water partition coefficient (Wildman–Crippen LogP) is 2.02. The van der Waals surface area contributed by atoms with Crippen LogP contribution in [-0.2, 0) is 23.9 Å². The van der Waals surface area contributed by atoms with E-state index in [2.05, 4.69) is 0 Å². The zero-order chi connectivity index (χ0) is 13.8. The van der Waals surface area contributed by atoms with Crippen LogP contribution >= 0.6 is 0 Å². The molecule has 0 aliphatic carbocycles. The maximum absolute atomic E-state index is 11.4. The van der Waals surface area contributed by atoms with Gasteiger partial charge in [-0.15, -0.1) is 0 Å². The van der Waals surface area contributed by atoms with Gasteiger partial charge < -0.3 is 9.47 Å². The molecule has 0 aliphatic heterocycles. The number of ketones is 1. The van der Waals surface area contributed by atoms with E-state index in [1.807, 2.05) is 13.8 Å². The molecule has 0 fully saturated rings. The molecule has 0 aromatic rings. The Bertz CT molecular complexity index is 247. The first-order valence-corrected chi connectivity index (χ1v) is 6.43. The molecule has 104 valence electrons. The Labute approximate surface area is 108 Å². The average molecular weight is 258 g/mol. The van der Waals surface area contributed by atoms with Gasteiger partial charge >= 0.3 is 11.9 Å². The topological polar surface area (TPSA) is 69.7 Å². The lowest BCUT2D eigenvalue weighted by molar-refractivity contribution is -0.145. The number of esters is 2. The molecule has 0 unspecified atom stereocenters. The third-order valence-corrected chi connectivity index (χ3v) is 2.15. The van der Waals surface area contributed by atoms with E-state index in [9.17, 15) is 14.4 Å². The number of hydrogen-bond donors (Lipinski definition) is 0. The van der Waals surface area contributed by atoms with Crippen LogP contribution in [0.1, 0.15) is 52.4 Å². The molecule has 0 radical (unpaired) electrons. The van der Waals surface area contributed by atoms with E-state index in [0.717, 1.165) is 12.8 Å². The molecule has 0 bridgehead atoms. The molecule has 0 rings (SSSR count). The minimum Gasteiger partial charge on any atom is -0.466 e. The molecule has 18 heavy (non-hydrogen) atoms. The molecule has 0 spiro atoms. The highest BCUT2D eigenvalue weighted by Crippen LogP contribution is 2.02. The van der Waals surface area contributed by atoms with Crippen LogP contribution < -0.4 is 0 Å². The molecule has 0 aliphatic rings. The second-order valence-electron chi connectivity index (χ2n) is 3.98. The van der Waals surface area contributed by atoms with Gasteiger partial charge in [-0.3, -0.25) is 14.4 Å². The van der Waals surface area contributed by atoms with E-state index in [1.54, 1.807) is 0 Å². The second-order valence-corrected chi connectivity index (χ2v) is 3.98. The molecule has 5 nitrogen and oxygen atoms in total. The van der Waals surface area contributed by atoms with Crippen LogP contribution in [0.2, 0.25) is 0 Å². The zero-order valence-corrected chi connectivity index (χ0v) is 11.2. The summed E-state index contributed by atoms with van der Waals surface area (Å²) >= 11 is 0. The lowest BCUT2D eigenvalue weighted by atomic mass is 10.1. The monoisotopic (exact) mass is 258 g/mol. The SMILES string of the molecule is CCCOC(=O)CCC(=O)CCC(=O)OCCC. The minimum atomic E-state index is -0.362. The zero-order valence-electron chi connectivity index (χ0n) is 11.2. The van der Waals surface area contributed by atoms with Crippen molar-refractivity contribution in [1.29, 1.82) is 0 Å². The fraction of sp³-hybridized carbons (Fsp3) is 0.769. The maximum Gasteiger partial charge on any atom is 0.306 e. The minimum absolute atomic E-state index is 0.0862. The van der Waals surface area contributed by atoms with E-state index in [-0.39, 0.29) is 43.4 Å². The molecule has 0 saturated carbocycles. The normalized spacial score (nSPS) is 9.89. The molecule has 0 amide bonds. The Morgan fingerprint density at radius 1 is 0.722 bits per heavy atom. The molecule has 0 heterocycles. The van der Waals surface area contributed by atoms with Crippen LogP contribution in [0.5, 0.6) is 0 Å². The Hall–Kier alpha value is -1.39. The van der Waals surface area contributed by atoms with Crippen molar-refractivity contribution in [2.75, 3.05) is 13.2 Å². The highest BCUT2D eigenvalue weighted by Gasteiger charge is 2.10. The van der Waals surface area contributed by atoms with Crippen molar-refractivity contribution >= 4 is 17.7 Å². The molecule has 0 saturated heterocycles. The lowest BCUT2D eigenvalue weighted by Gasteiger charge is -2.03. The number of hydrogen-bond acceptors (Lipinski definition) is 5. The summed E-state index contributed by atoms with van der Waals surface area (Å²) in [7, 11) is 0. The van der Waals surface area contributed by atoms with Gasteiger partial charge in [0, 0.05) is 12.8 Å². The van der Waals surface area contributed by atoms with Crippen molar-refractivity contribution < 1.29 is 23.9 Å². The van der Waals surface area contributed by atoms with Gasteiger partial charge in [-0.05, 0) is 12.8 Å². The average Bonchev–Trinajstić information content (AvgIpc) is 2.37. The summed E-state index contributed by atoms with van der Waals surface area (Å²) in [5.41, 5.74) is 0. The number of rotatable bonds is 10. The summed E-state index contributed by atoms with van der Waals surface area (Å²) in [5, 5.41) is 0. The fourth-order valence-corrected chi connectivity index (χ4v) is 1.18. The smallest absolute Gasteiger partial charge is 0.306 e. The molecular formula is C13H22O5. The summed E-state index contributed by atoms with van der Waals surface area (Å²) < 4.78 is 9.68. The van der Waals surface area contributed by atoms with Gasteiger partial charge in [-0.25, -0.2) is 0 Å². The fourth-order valence-electron chi connectivity index (χ4n) is 1.18. The van der Waals surface area contributed by atoms with Gasteiger partial charge in [0.1, 0.15) is 5.78 Å². The van der Waals surface area contributed by atoms with Gasteiger partial charge in [-0.1, -0.05) is 13.8 Å². The molecular weight excluding hydrogens is 236 g/mol. The van der Waals surface area contributed by atoms with E-state index in [4.69, 9.17) is 9.47 Å². The van der Waals surface area contributed by atoms with Crippen LogP contribution in [-0.4, -0.2) is 30.9 Å². The highest BCUT2D eigenvalue weighted by molar-refractivity contribution is 5.85. The summed E-state index contributed by atoms with van der Waals surface area (Å²) in [4.78, 5) is 33.6. The summed E-state index contributed by atoms with van der Waals surface area (Å²) in [5.74, 6) is -0.839. The number of ether oxygens (including phenoxy) is 2. The van der Waals surface area contributed by atoms with Crippen LogP contribution in [0.3, 0.4) is 0 Å². The Morgan fingerprint density at radius 3 is 1.44 bits per heavy atom. The highest BCUT2D eigenvalue weighted by atomic mass is 16.5. The third kappa shape index (κ3) is 9.81. The van der Waals surface area contributed by atoms with Gasteiger partial charge in [0.05, 0.1) is 26.1 Å². The van der Waals surface area contributed by atoms with Gasteiger partial charge in [-0.2, -0.15) is 0 Å². The van der Waals surface area contributed by atoms with Crippen LogP contribution in [0, 0.1) is 0 Å². The largest absolute Gasteiger partial charge is 0.466 e. The Kier molecular flexibility index (Phi) is 9.91. The van der Waals surface area contributed by atoms with Crippen LogP contribution in [0.15, 0.2) is 0 Å². The van der Waals surface area contributed by atoms with Crippen molar-refractivity contribution in [3.05, 3.63) is 0 Å². The summed E-state index contributed by atoms with van der Waals surface area (Å²) in [6.45, 7) is 4.58. The van der Waals surface area contributed by atoms with E-state index >= 15 is 0 Å². The molecule has 0 N–H and O–H groups in total. The van der Waals surface area contributed by atoms with E-state index in [1.165, 1.54) is 0 Å². The molecule has 0 aromatic carbocycles. The van der Waals surface area contributed by atoms with Crippen molar-refractivity contribution in [3.63, 3.8) is 0 Å². The number of Topliss-reactive ketones (excluding diaryl/α,β-unsaturated/α-hetero) is 1. The molecule has 0 aromatic heterocycles. The lowest BCUT2D eigenvalue weighted by Crippen LogP contribution is -2.11. The summed E-state index contributed by atoms with van der Waals surface area (Å²) in [6, 6.07) is 0. The van der Waals surface area contributed by atoms with Crippen molar-refractivity contribution in [1.82, 2.24) is 0 Å². The first-order chi connectivity index (χ1) is 8.60. The van der Waals surface area contributed by atoms with E-state index < -0.39 is 0 Å². The van der Waals surface area contributed by atoms with Gasteiger partial charge in [0.25, 0.3) is 0 Å². The first kappa shape index (κ1) is 16.6. The number of carbonyl (C=O) groups is 3. The standard InChI is InChI=1S/C13H22O5/c1-3-9-17-12(15)7-5-11(14)6-8-13(16)18-10-4-2/h3-10H2,1-2H3. The molecule has 5 heteroatoms. The van der Waals surface area contributed by atoms with Crippen LogP contribution in [0.25, 0.3) is 0 Å². The predicted molar refractivity (Wildman–Crippen MR) is 66.0 cm³/mol. The van der Waals surface area contributed by atoms with Gasteiger partial charge in [0.15, 0.2) is 0 Å². The van der Waals surface area contributed by atoms with Crippen molar-refractivity contribution in [2.45, 2.75) is 52.4 Å². The maximum atomic E-state index is 11.4. The third-order valence-electron chi connectivity index (χ3n) is 2.15. The number of carbonyl (C=O) groups excluding carboxylic acids is 3. The molecule has 0 atom stereocenters. The van der Waals surface area contributed by atoms with Crippen LogP contribution in [0.4, 0.5) is 0 Å². The van der Waals surface area contributed by atoms with Gasteiger partial charge in [0.2, 0.25) is 0 Å². The second kappa shape index (κ2) is 10.7. The first-order valence-electron chi connectivity index (χ1n) is 6.43. The Balaban J connectivity index is 3.59. The van der Waals surface area contributed by atoms with Crippen molar-refractivity contribution in [2.24, 2.45) is 0 Å². The quantitative estimate of drug-likeness (QED) is 0.561.